The van der Waals surface area contributed by atoms with E-state index in [1.54, 1.807) is 7.11 Å². The molecule has 1 unspecified atom stereocenters. The summed E-state index contributed by atoms with van der Waals surface area (Å²) >= 11 is 0. The first-order chi connectivity index (χ1) is 5.72. The Balaban J connectivity index is 3.55. The van der Waals surface area contributed by atoms with Crippen molar-refractivity contribution in [3.63, 3.8) is 0 Å². The monoisotopic (exact) mass is 169 g/mol. The highest BCUT2D eigenvalue weighted by atomic mass is 16.5. The molecule has 0 aromatic heterocycles. The highest BCUT2D eigenvalue weighted by molar-refractivity contribution is 5.83. The number of nitrogens with two attached hydrogens (primary N) is 1. The summed E-state index contributed by atoms with van der Waals surface area (Å²) in [5.74, 6) is 2.42. The van der Waals surface area contributed by atoms with Crippen LogP contribution in [0.2, 0.25) is 0 Å². The number of ketones is 1. The van der Waals surface area contributed by atoms with Crippen LogP contribution in [0.1, 0.15) is 19.3 Å². The van der Waals surface area contributed by atoms with Gasteiger partial charge in [0.25, 0.3) is 0 Å². The Morgan fingerprint density at radius 3 is 2.92 bits per heavy atom. The normalized spacial score (nSPS) is 12.1. The number of ether oxygens (including phenoxy) is 1. The number of hydrogen-bond acceptors (Lipinski definition) is 3. The smallest absolute Gasteiger partial charge is 0.150 e. The van der Waals surface area contributed by atoms with Gasteiger partial charge in [-0.05, 0) is 6.42 Å². The molecule has 2 N–H and O–H groups in total. The molecular weight excluding hydrogens is 154 g/mol. The molecule has 0 radical (unpaired) electrons. The molecule has 0 amide bonds. The largest absolute Gasteiger partial charge is 0.385 e. The second-order valence-electron chi connectivity index (χ2n) is 2.56. The average molecular weight is 169 g/mol. The molecule has 0 aliphatic heterocycles. The molecule has 3 nitrogen and oxygen atoms in total. The minimum atomic E-state index is -0.418. The van der Waals surface area contributed by atoms with Gasteiger partial charge >= 0.3 is 0 Å². The van der Waals surface area contributed by atoms with Crippen LogP contribution in [0.4, 0.5) is 0 Å². The third kappa shape index (κ3) is 4.89. The molecule has 12 heavy (non-hydrogen) atoms. The van der Waals surface area contributed by atoms with Crippen LogP contribution in [0.15, 0.2) is 0 Å². The van der Waals surface area contributed by atoms with Gasteiger partial charge in [0.2, 0.25) is 0 Å². The summed E-state index contributed by atoms with van der Waals surface area (Å²) in [6.07, 6.45) is 6.43. The molecule has 0 saturated carbocycles. The second kappa shape index (κ2) is 6.84. The first kappa shape index (κ1) is 11.2. The van der Waals surface area contributed by atoms with Crippen LogP contribution in [-0.4, -0.2) is 25.5 Å². The lowest BCUT2D eigenvalue weighted by Crippen LogP contribution is -2.31. The fourth-order valence-corrected chi connectivity index (χ4v) is 0.787. The fourth-order valence-electron chi connectivity index (χ4n) is 0.787. The first-order valence-corrected chi connectivity index (χ1v) is 3.93. The summed E-state index contributed by atoms with van der Waals surface area (Å²) in [5, 5.41) is 0. The van der Waals surface area contributed by atoms with Gasteiger partial charge < -0.3 is 10.5 Å². The lowest BCUT2D eigenvalue weighted by Gasteiger charge is -2.07. The zero-order valence-corrected chi connectivity index (χ0v) is 7.38. The van der Waals surface area contributed by atoms with E-state index in [1.807, 2.05) is 0 Å². The van der Waals surface area contributed by atoms with E-state index in [4.69, 9.17) is 16.9 Å². The van der Waals surface area contributed by atoms with E-state index >= 15 is 0 Å². The highest BCUT2D eigenvalue weighted by Gasteiger charge is 2.11. The molecular formula is C9H15NO2. The van der Waals surface area contributed by atoms with Crippen LogP contribution in [0, 0.1) is 12.3 Å². The van der Waals surface area contributed by atoms with Gasteiger partial charge in [-0.3, -0.25) is 4.79 Å². The average Bonchev–Trinajstić information content (AvgIpc) is 2.10. The maximum Gasteiger partial charge on any atom is 0.150 e. The maximum atomic E-state index is 11.1. The Morgan fingerprint density at radius 1 is 1.75 bits per heavy atom. The van der Waals surface area contributed by atoms with E-state index in [0.29, 0.717) is 25.9 Å². The van der Waals surface area contributed by atoms with Gasteiger partial charge in [0.15, 0.2) is 5.78 Å². The Kier molecular flexibility index (Phi) is 6.35. The fraction of sp³-hybridized carbons (Fsp3) is 0.667. The number of carbonyl (C=O) groups is 1. The van der Waals surface area contributed by atoms with E-state index in [1.165, 1.54) is 0 Å². The van der Waals surface area contributed by atoms with Gasteiger partial charge in [0.1, 0.15) is 0 Å². The van der Waals surface area contributed by atoms with Crippen molar-refractivity contribution in [1.82, 2.24) is 0 Å². The summed E-state index contributed by atoms with van der Waals surface area (Å²) < 4.78 is 4.79. The molecule has 0 rings (SSSR count). The van der Waals surface area contributed by atoms with Gasteiger partial charge in [-0.2, -0.15) is 0 Å². The standard InChI is InChI=1S/C9H15NO2/c1-3-4-5-9(11)8(10)6-7-12-2/h1,8H,4-7,10H2,2H3. The molecule has 0 aromatic rings. The lowest BCUT2D eigenvalue weighted by atomic mass is 10.1. The molecule has 0 aliphatic carbocycles. The van der Waals surface area contributed by atoms with Crippen molar-refractivity contribution >= 4 is 5.78 Å². The van der Waals surface area contributed by atoms with Crippen LogP contribution >= 0.6 is 0 Å². The third-order valence-electron chi connectivity index (χ3n) is 1.56. The number of methoxy groups -OCH3 is 1. The molecule has 0 fully saturated rings. The number of hydrogen-bond donors (Lipinski definition) is 1. The van der Waals surface area contributed by atoms with Crippen molar-refractivity contribution < 1.29 is 9.53 Å². The van der Waals surface area contributed by atoms with E-state index in [2.05, 4.69) is 5.92 Å². The second-order valence-corrected chi connectivity index (χ2v) is 2.56. The van der Waals surface area contributed by atoms with E-state index in [9.17, 15) is 4.79 Å². The zero-order valence-electron chi connectivity index (χ0n) is 7.38. The number of carbonyl (C=O) groups excluding carboxylic acids is 1. The van der Waals surface area contributed by atoms with Crippen molar-refractivity contribution in [2.45, 2.75) is 25.3 Å². The molecule has 0 saturated heterocycles. The molecule has 68 valence electrons. The summed E-state index contributed by atoms with van der Waals surface area (Å²) in [7, 11) is 1.58. The molecule has 0 heterocycles. The quantitative estimate of drug-likeness (QED) is 0.583. The van der Waals surface area contributed by atoms with Gasteiger partial charge in [0, 0.05) is 26.6 Å². The van der Waals surface area contributed by atoms with Crippen LogP contribution in [0.5, 0.6) is 0 Å². The van der Waals surface area contributed by atoms with Crippen molar-refractivity contribution in [2.75, 3.05) is 13.7 Å². The van der Waals surface area contributed by atoms with Crippen molar-refractivity contribution in [1.29, 1.82) is 0 Å². The minimum absolute atomic E-state index is 0.0185. The van der Waals surface area contributed by atoms with Crippen LogP contribution in [-0.2, 0) is 9.53 Å². The first-order valence-electron chi connectivity index (χ1n) is 3.93. The predicted octanol–water partition coefficient (Wildman–Crippen LogP) is 0.333. The van der Waals surface area contributed by atoms with Crippen LogP contribution < -0.4 is 5.73 Å². The SMILES string of the molecule is C#CCCC(=O)C(N)CCOC. The van der Waals surface area contributed by atoms with Crippen LogP contribution in [0.3, 0.4) is 0 Å². The molecule has 0 aliphatic rings. The van der Waals surface area contributed by atoms with Crippen molar-refractivity contribution in [3.05, 3.63) is 0 Å². The zero-order chi connectivity index (χ0) is 9.40. The molecule has 0 aromatic carbocycles. The van der Waals surface area contributed by atoms with Crippen molar-refractivity contribution in [3.8, 4) is 12.3 Å². The van der Waals surface area contributed by atoms with E-state index in [0.717, 1.165) is 0 Å². The maximum absolute atomic E-state index is 11.1. The minimum Gasteiger partial charge on any atom is -0.385 e. The number of rotatable bonds is 6. The third-order valence-corrected chi connectivity index (χ3v) is 1.56. The summed E-state index contributed by atoms with van der Waals surface area (Å²) in [4.78, 5) is 11.1. The predicted molar refractivity (Wildman–Crippen MR) is 47.5 cm³/mol. The number of terminal acetylenes is 1. The van der Waals surface area contributed by atoms with Crippen molar-refractivity contribution in [2.24, 2.45) is 5.73 Å². The molecule has 1 atom stereocenters. The number of Topliss-reactive ketones (excluding diaryl/α,β-unsaturated/α-hetero) is 1. The molecule has 0 bridgehead atoms. The topological polar surface area (TPSA) is 52.3 Å². The molecule has 0 spiro atoms. The summed E-state index contributed by atoms with van der Waals surface area (Å²) in [5.41, 5.74) is 5.55. The van der Waals surface area contributed by atoms with Gasteiger partial charge in [0.05, 0.1) is 6.04 Å². The summed E-state index contributed by atoms with van der Waals surface area (Å²) in [6.45, 7) is 0.517. The van der Waals surface area contributed by atoms with Gasteiger partial charge in [-0.25, -0.2) is 0 Å². The van der Waals surface area contributed by atoms with E-state index < -0.39 is 6.04 Å². The van der Waals surface area contributed by atoms with Gasteiger partial charge in [-0.15, -0.1) is 12.3 Å². The van der Waals surface area contributed by atoms with E-state index in [-0.39, 0.29) is 5.78 Å². The molecule has 3 heteroatoms. The van der Waals surface area contributed by atoms with Crippen LogP contribution in [0.25, 0.3) is 0 Å². The lowest BCUT2D eigenvalue weighted by molar-refractivity contribution is -0.120. The summed E-state index contributed by atoms with van der Waals surface area (Å²) in [6, 6.07) is -0.418. The highest BCUT2D eigenvalue weighted by Crippen LogP contribution is 1.97. The van der Waals surface area contributed by atoms with Gasteiger partial charge in [-0.1, -0.05) is 0 Å². The Morgan fingerprint density at radius 2 is 2.42 bits per heavy atom. The Bertz CT molecular complexity index is 172. The Labute approximate surface area is 73.3 Å². The Hall–Kier alpha value is -0.850.